The van der Waals surface area contributed by atoms with Gasteiger partial charge in [-0.15, -0.1) is 0 Å². The maximum Gasteiger partial charge on any atom is 0.259 e. The third kappa shape index (κ3) is 3.40. The summed E-state index contributed by atoms with van der Waals surface area (Å²) in [6, 6.07) is 6.38. The lowest BCUT2D eigenvalue weighted by atomic mass is 10.2. The van der Waals surface area contributed by atoms with E-state index in [9.17, 15) is 4.79 Å². The average Bonchev–Trinajstić information content (AvgIpc) is 2.41. The molecule has 2 aromatic rings. The Morgan fingerprint density at radius 3 is 2.70 bits per heavy atom. The zero-order valence-electron chi connectivity index (χ0n) is 9.95. The highest BCUT2D eigenvalue weighted by molar-refractivity contribution is 9.10. The maximum atomic E-state index is 12.2. The molecule has 5 nitrogen and oxygen atoms in total. The SMILES string of the molecule is NNc1ncc(Br)cc1C(=O)Nc1ccc(Cl)cc1Cl. The molecular weight excluding hydrogens is 367 g/mol. The molecule has 0 saturated heterocycles. The van der Waals surface area contributed by atoms with E-state index in [0.29, 0.717) is 20.2 Å². The molecule has 0 saturated carbocycles. The molecule has 0 bridgehead atoms. The van der Waals surface area contributed by atoms with Crippen molar-refractivity contribution in [1.29, 1.82) is 0 Å². The number of amides is 1. The van der Waals surface area contributed by atoms with Crippen molar-refractivity contribution in [2.45, 2.75) is 0 Å². The quantitative estimate of drug-likeness (QED) is 0.564. The number of halogens is 3. The van der Waals surface area contributed by atoms with Crippen molar-refractivity contribution < 1.29 is 4.79 Å². The van der Waals surface area contributed by atoms with Crippen LogP contribution in [-0.2, 0) is 0 Å². The van der Waals surface area contributed by atoms with Gasteiger partial charge in [0, 0.05) is 15.7 Å². The molecule has 1 aromatic carbocycles. The van der Waals surface area contributed by atoms with E-state index in [4.69, 9.17) is 29.0 Å². The molecule has 0 aliphatic carbocycles. The highest BCUT2D eigenvalue weighted by atomic mass is 79.9. The molecule has 104 valence electrons. The number of nitrogens with zero attached hydrogens (tertiary/aromatic N) is 1. The Kier molecular flexibility index (Phi) is 4.82. The van der Waals surface area contributed by atoms with Gasteiger partial charge in [0.25, 0.3) is 5.91 Å². The largest absolute Gasteiger partial charge is 0.321 e. The Morgan fingerprint density at radius 2 is 2.05 bits per heavy atom. The molecule has 0 aliphatic rings. The fraction of sp³-hybridized carbons (Fsp3) is 0. The lowest BCUT2D eigenvalue weighted by Crippen LogP contribution is -2.18. The van der Waals surface area contributed by atoms with Crippen LogP contribution in [0.25, 0.3) is 0 Å². The van der Waals surface area contributed by atoms with Crippen molar-refractivity contribution in [2.24, 2.45) is 5.84 Å². The standard InChI is InChI=1S/C12H9BrCl2N4O/c13-6-3-8(11(19-16)17-5-6)12(20)18-10-2-1-7(14)4-9(10)15/h1-5H,16H2,(H,17,19)(H,18,20). The van der Waals surface area contributed by atoms with Crippen LogP contribution >= 0.6 is 39.1 Å². The molecule has 1 aromatic heterocycles. The maximum absolute atomic E-state index is 12.2. The van der Waals surface area contributed by atoms with E-state index < -0.39 is 5.91 Å². The molecule has 0 atom stereocenters. The first kappa shape index (κ1) is 15.1. The van der Waals surface area contributed by atoms with Crippen LogP contribution in [0.15, 0.2) is 34.9 Å². The molecule has 20 heavy (non-hydrogen) atoms. The Morgan fingerprint density at radius 1 is 1.30 bits per heavy atom. The Hall–Kier alpha value is -1.34. The fourth-order valence-electron chi connectivity index (χ4n) is 1.51. The molecule has 0 radical (unpaired) electrons. The zero-order valence-corrected chi connectivity index (χ0v) is 13.1. The van der Waals surface area contributed by atoms with Gasteiger partial charge >= 0.3 is 0 Å². The number of nitrogen functional groups attached to an aromatic ring is 1. The number of hydrogen-bond donors (Lipinski definition) is 3. The number of anilines is 2. The second-order valence-electron chi connectivity index (χ2n) is 3.77. The summed E-state index contributed by atoms with van der Waals surface area (Å²) in [5, 5.41) is 3.50. The summed E-state index contributed by atoms with van der Waals surface area (Å²) in [6.45, 7) is 0. The Labute approximate surface area is 133 Å². The number of hydrogen-bond acceptors (Lipinski definition) is 4. The number of nitrogens with one attached hydrogen (secondary N) is 2. The van der Waals surface area contributed by atoms with Gasteiger partial charge in [-0.25, -0.2) is 10.8 Å². The summed E-state index contributed by atoms with van der Waals surface area (Å²) in [4.78, 5) is 16.2. The first-order valence-corrected chi connectivity index (χ1v) is 6.94. The van der Waals surface area contributed by atoms with Crippen molar-refractivity contribution in [3.05, 3.63) is 50.5 Å². The molecule has 1 amide bonds. The molecule has 1 heterocycles. The summed E-state index contributed by atoms with van der Waals surface area (Å²) in [5.41, 5.74) is 3.10. The van der Waals surface area contributed by atoms with Crippen LogP contribution in [0.2, 0.25) is 10.0 Å². The second kappa shape index (κ2) is 6.41. The fourth-order valence-corrected chi connectivity index (χ4v) is 2.29. The number of hydrazine groups is 1. The first-order chi connectivity index (χ1) is 9.51. The van der Waals surface area contributed by atoms with Crippen molar-refractivity contribution >= 4 is 56.5 Å². The molecule has 2 rings (SSSR count). The molecule has 0 spiro atoms. The zero-order chi connectivity index (χ0) is 14.7. The Bertz CT molecular complexity index is 666. The van der Waals surface area contributed by atoms with E-state index in [1.54, 1.807) is 24.3 Å². The molecule has 0 aliphatic heterocycles. The van der Waals surface area contributed by atoms with Gasteiger partial charge in [0.2, 0.25) is 0 Å². The van der Waals surface area contributed by atoms with E-state index in [0.717, 1.165) is 0 Å². The third-order valence-electron chi connectivity index (χ3n) is 2.42. The van der Waals surface area contributed by atoms with Gasteiger partial charge < -0.3 is 10.7 Å². The number of rotatable bonds is 3. The minimum absolute atomic E-state index is 0.260. The smallest absolute Gasteiger partial charge is 0.259 e. The predicted molar refractivity (Wildman–Crippen MR) is 84.2 cm³/mol. The van der Waals surface area contributed by atoms with Gasteiger partial charge in [0.15, 0.2) is 5.82 Å². The number of aromatic nitrogens is 1. The van der Waals surface area contributed by atoms with E-state index in [1.807, 2.05) is 0 Å². The Balaban J connectivity index is 2.30. The van der Waals surface area contributed by atoms with Crippen molar-refractivity contribution in [3.63, 3.8) is 0 Å². The van der Waals surface area contributed by atoms with E-state index >= 15 is 0 Å². The van der Waals surface area contributed by atoms with Crippen LogP contribution < -0.4 is 16.6 Å². The molecule has 0 fully saturated rings. The van der Waals surface area contributed by atoms with Crippen LogP contribution in [0.5, 0.6) is 0 Å². The average molecular weight is 376 g/mol. The minimum atomic E-state index is -0.393. The van der Waals surface area contributed by atoms with Crippen molar-refractivity contribution in [2.75, 3.05) is 10.7 Å². The third-order valence-corrected chi connectivity index (χ3v) is 3.40. The van der Waals surface area contributed by atoms with Gasteiger partial charge in [-0.05, 0) is 40.2 Å². The minimum Gasteiger partial charge on any atom is -0.321 e. The van der Waals surface area contributed by atoms with Crippen molar-refractivity contribution in [3.8, 4) is 0 Å². The topological polar surface area (TPSA) is 80.0 Å². The predicted octanol–water partition coefficient (Wildman–Crippen LogP) is 3.69. The van der Waals surface area contributed by atoms with Crippen LogP contribution in [0.1, 0.15) is 10.4 Å². The van der Waals surface area contributed by atoms with E-state index in [1.165, 1.54) is 6.20 Å². The van der Waals surface area contributed by atoms with Crippen LogP contribution in [-0.4, -0.2) is 10.9 Å². The van der Waals surface area contributed by atoms with E-state index in [-0.39, 0.29) is 11.4 Å². The second-order valence-corrected chi connectivity index (χ2v) is 5.53. The lowest BCUT2D eigenvalue weighted by molar-refractivity contribution is 0.102. The number of carbonyl (C=O) groups excluding carboxylic acids is 1. The molecule has 8 heteroatoms. The van der Waals surface area contributed by atoms with Crippen LogP contribution in [0, 0.1) is 0 Å². The summed E-state index contributed by atoms with van der Waals surface area (Å²) < 4.78 is 0.656. The molecular formula is C12H9BrCl2N4O. The normalized spacial score (nSPS) is 10.2. The highest BCUT2D eigenvalue weighted by Crippen LogP contribution is 2.26. The highest BCUT2D eigenvalue weighted by Gasteiger charge is 2.14. The number of nitrogens with two attached hydrogens (primary N) is 1. The summed E-state index contributed by atoms with van der Waals surface area (Å²) in [6.07, 6.45) is 1.53. The van der Waals surface area contributed by atoms with Gasteiger partial charge in [-0.2, -0.15) is 0 Å². The molecule has 4 N–H and O–H groups in total. The lowest BCUT2D eigenvalue weighted by Gasteiger charge is -2.10. The first-order valence-electron chi connectivity index (χ1n) is 5.40. The van der Waals surface area contributed by atoms with Gasteiger partial charge in [-0.1, -0.05) is 23.2 Å². The van der Waals surface area contributed by atoms with Gasteiger partial charge in [-0.3, -0.25) is 4.79 Å². The van der Waals surface area contributed by atoms with Crippen LogP contribution in [0.4, 0.5) is 11.5 Å². The van der Waals surface area contributed by atoms with Gasteiger partial charge in [0.1, 0.15) is 0 Å². The van der Waals surface area contributed by atoms with Crippen LogP contribution in [0.3, 0.4) is 0 Å². The number of benzene rings is 1. The summed E-state index contributed by atoms with van der Waals surface area (Å²) in [5.74, 6) is 5.20. The molecule has 0 unspecified atom stereocenters. The number of carbonyl (C=O) groups is 1. The van der Waals surface area contributed by atoms with Gasteiger partial charge in [0.05, 0.1) is 16.3 Å². The number of pyridine rings is 1. The summed E-state index contributed by atoms with van der Waals surface area (Å²) >= 11 is 15.0. The monoisotopic (exact) mass is 374 g/mol. The van der Waals surface area contributed by atoms with E-state index in [2.05, 4.69) is 31.7 Å². The van der Waals surface area contributed by atoms with Crippen molar-refractivity contribution in [1.82, 2.24) is 4.98 Å². The summed E-state index contributed by atoms with van der Waals surface area (Å²) in [7, 11) is 0.